The molecule has 1 fully saturated rings. The summed E-state index contributed by atoms with van der Waals surface area (Å²) in [6.07, 6.45) is -4.48. The largest absolute Gasteiger partial charge is 0.451 e. The molecule has 2 unspecified atom stereocenters. The van der Waals surface area contributed by atoms with Crippen LogP contribution in [0.2, 0.25) is 0 Å². The van der Waals surface area contributed by atoms with E-state index >= 15 is 0 Å². The second-order valence-electron chi connectivity index (χ2n) is 4.96. The van der Waals surface area contributed by atoms with Crippen LogP contribution in [-0.4, -0.2) is 41.3 Å². The Bertz CT molecular complexity index is 480. The highest BCUT2D eigenvalue weighted by Gasteiger charge is 2.36. The van der Waals surface area contributed by atoms with Crippen LogP contribution in [0.1, 0.15) is 19.2 Å². The average Bonchev–Trinajstić information content (AvgIpc) is 2.40. The van der Waals surface area contributed by atoms with Gasteiger partial charge in [-0.1, -0.05) is 6.92 Å². The normalized spacial score (nSPS) is 23.8. The highest BCUT2D eigenvalue weighted by atomic mass is 19.4. The molecule has 0 aromatic carbocycles. The molecule has 2 atom stereocenters. The van der Waals surface area contributed by atoms with Gasteiger partial charge in [0.05, 0.1) is 6.10 Å². The smallest absolute Gasteiger partial charge is 0.393 e. The summed E-state index contributed by atoms with van der Waals surface area (Å²) in [6, 6.07) is 1.49. The molecule has 20 heavy (non-hydrogen) atoms. The number of anilines is 2. The number of halogens is 3. The molecule has 2 N–H and O–H groups in total. The van der Waals surface area contributed by atoms with E-state index in [-0.39, 0.29) is 17.6 Å². The van der Waals surface area contributed by atoms with Gasteiger partial charge in [0.2, 0.25) is 5.82 Å². The molecule has 0 spiro atoms. The highest BCUT2D eigenvalue weighted by molar-refractivity contribution is 5.49. The summed E-state index contributed by atoms with van der Waals surface area (Å²) < 4.78 is 38.3. The van der Waals surface area contributed by atoms with Crippen molar-refractivity contribution in [3.05, 3.63) is 11.9 Å². The molecular formula is C12H17F3N4O. The van der Waals surface area contributed by atoms with Crippen LogP contribution < -0.4 is 10.2 Å². The van der Waals surface area contributed by atoms with E-state index in [1.165, 1.54) is 13.1 Å². The molecule has 1 saturated heterocycles. The molecule has 0 aliphatic carbocycles. The summed E-state index contributed by atoms with van der Waals surface area (Å²) in [5.74, 6) is -0.805. The number of piperidine rings is 1. The molecule has 2 heterocycles. The first kappa shape index (κ1) is 14.8. The first-order valence-corrected chi connectivity index (χ1v) is 6.38. The molecule has 0 radical (unpaired) electrons. The van der Waals surface area contributed by atoms with Crippen molar-refractivity contribution >= 4 is 11.6 Å². The fourth-order valence-electron chi connectivity index (χ4n) is 2.19. The summed E-state index contributed by atoms with van der Waals surface area (Å²) >= 11 is 0. The second-order valence-corrected chi connectivity index (χ2v) is 4.96. The highest BCUT2D eigenvalue weighted by Crippen LogP contribution is 2.30. The molecule has 112 valence electrons. The van der Waals surface area contributed by atoms with Crippen molar-refractivity contribution in [1.29, 1.82) is 0 Å². The van der Waals surface area contributed by atoms with Crippen molar-refractivity contribution in [1.82, 2.24) is 9.97 Å². The Hall–Kier alpha value is -1.57. The number of nitrogens with zero attached hydrogens (tertiary/aromatic N) is 3. The Kier molecular flexibility index (Phi) is 4.03. The third-order valence-electron chi connectivity index (χ3n) is 3.41. The topological polar surface area (TPSA) is 61.3 Å². The van der Waals surface area contributed by atoms with Gasteiger partial charge < -0.3 is 15.3 Å². The number of aliphatic hydroxyl groups excluding tert-OH is 1. The number of aliphatic hydroxyl groups is 1. The molecule has 0 amide bonds. The minimum Gasteiger partial charge on any atom is -0.393 e. The molecule has 0 bridgehead atoms. The van der Waals surface area contributed by atoms with Crippen molar-refractivity contribution in [3.8, 4) is 0 Å². The van der Waals surface area contributed by atoms with Crippen molar-refractivity contribution in [2.45, 2.75) is 25.6 Å². The van der Waals surface area contributed by atoms with Gasteiger partial charge in [-0.2, -0.15) is 13.2 Å². The quantitative estimate of drug-likeness (QED) is 0.869. The van der Waals surface area contributed by atoms with Gasteiger partial charge in [0.1, 0.15) is 11.6 Å². The standard InChI is InChI=1S/C12H17F3N4O/c1-7-6-19(4-3-8(7)20)10-5-9(16-2)17-11(18-10)12(13,14)15/h5,7-8,20H,3-4,6H2,1-2H3,(H,16,17,18). The zero-order valence-electron chi connectivity index (χ0n) is 11.3. The summed E-state index contributed by atoms with van der Waals surface area (Å²) in [4.78, 5) is 8.78. The lowest BCUT2D eigenvalue weighted by molar-refractivity contribution is -0.144. The summed E-state index contributed by atoms with van der Waals surface area (Å²) in [6.45, 7) is 2.81. The van der Waals surface area contributed by atoms with Crippen molar-refractivity contribution < 1.29 is 18.3 Å². The van der Waals surface area contributed by atoms with Gasteiger partial charge in [-0.25, -0.2) is 9.97 Å². The second kappa shape index (κ2) is 5.43. The van der Waals surface area contributed by atoms with E-state index in [1.54, 1.807) is 4.90 Å². The van der Waals surface area contributed by atoms with E-state index < -0.39 is 18.1 Å². The van der Waals surface area contributed by atoms with Crippen molar-refractivity contribution in [2.24, 2.45) is 5.92 Å². The molecule has 0 saturated carbocycles. The lowest BCUT2D eigenvalue weighted by Gasteiger charge is -2.35. The molecule has 1 aliphatic rings. The van der Waals surface area contributed by atoms with E-state index in [4.69, 9.17) is 0 Å². The van der Waals surface area contributed by atoms with Crippen LogP contribution in [0.25, 0.3) is 0 Å². The predicted molar refractivity (Wildman–Crippen MR) is 68.6 cm³/mol. The Morgan fingerprint density at radius 3 is 2.65 bits per heavy atom. The van der Waals surface area contributed by atoms with Gasteiger partial charge >= 0.3 is 6.18 Å². The minimum atomic E-state index is -4.58. The lowest BCUT2D eigenvalue weighted by atomic mass is 9.97. The van der Waals surface area contributed by atoms with Crippen LogP contribution in [0, 0.1) is 5.92 Å². The van der Waals surface area contributed by atoms with Crippen LogP contribution in [0.4, 0.5) is 24.8 Å². The van der Waals surface area contributed by atoms with Gasteiger partial charge in [-0.15, -0.1) is 0 Å². The minimum absolute atomic E-state index is 0.00825. The Labute approximate surface area is 114 Å². The van der Waals surface area contributed by atoms with Gasteiger partial charge in [0, 0.05) is 26.2 Å². The maximum absolute atomic E-state index is 12.8. The Morgan fingerprint density at radius 2 is 2.10 bits per heavy atom. The van der Waals surface area contributed by atoms with Crippen molar-refractivity contribution in [3.63, 3.8) is 0 Å². The van der Waals surface area contributed by atoms with E-state index in [0.29, 0.717) is 19.5 Å². The molecule has 1 aromatic heterocycles. The van der Waals surface area contributed by atoms with Crippen LogP contribution in [0.5, 0.6) is 0 Å². The van der Waals surface area contributed by atoms with Crippen LogP contribution >= 0.6 is 0 Å². The number of hydrogen-bond donors (Lipinski definition) is 2. The Balaban J connectivity index is 2.31. The molecular weight excluding hydrogens is 273 g/mol. The maximum Gasteiger partial charge on any atom is 0.451 e. The number of aromatic nitrogens is 2. The number of rotatable bonds is 2. The monoisotopic (exact) mass is 290 g/mol. The van der Waals surface area contributed by atoms with E-state index in [0.717, 1.165) is 0 Å². The summed E-state index contributed by atoms with van der Waals surface area (Å²) in [5.41, 5.74) is 0. The SMILES string of the molecule is CNc1cc(N2CCC(O)C(C)C2)nc(C(F)(F)F)n1. The molecule has 5 nitrogen and oxygen atoms in total. The fraction of sp³-hybridized carbons (Fsp3) is 0.667. The third-order valence-corrected chi connectivity index (χ3v) is 3.41. The summed E-state index contributed by atoms with van der Waals surface area (Å²) in [5, 5.41) is 12.3. The molecule has 1 aromatic rings. The zero-order chi connectivity index (χ0) is 14.9. The van der Waals surface area contributed by atoms with Crippen LogP contribution in [-0.2, 0) is 6.18 Å². The number of hydrogen-bond acceptors (Lipinski definition) is 5. The molecule has 2 rings (SSSR count). The van der Waals surface area contributed by atoms with Crippen LogP contribution in [0.15, 0.2) is 6.07 Å². The van der Waals surface area contributed by atoms with Crippen LogP contribution in [0.3, 0.4) is 0 Å². The van der Waals surface area contributed by atoms with E-state index in [9.17, 15) is 18.3 Å². The molecule has 1 aliphatic heterocycles. The first-order chi connectivity index (χ1) is 9.31. The van der Waals surface area contributed by atoms with Gasteiger partial charge in [-0.05, 0) is 12.3 Å². The third kappa shape index (κ3) is 3.12. The Morgan fingerprint density at radius 1 is 1.40 bits per heavy atom. The van der Waals surface area contributed by atoms with E-state index in [1.807, 2.05) is 6.92 Å². The van der Waals surface area contributed by atoms with Gasteiger partial charge in [0.25, 0.3) is 0 Å². The lowest BCUT2D eigenvalue weighted by Crippen LogP contribution is -2.42. The fourth-order valence-corrected chi connectivity index (χ4v) is 2.19. The average molecular weight is 290 g/mol. The molecule has 8 heteroatoms. The number of alkyl halides is 3. The van der Waals surface area contributed by atoms with Gasteiger partial charge in [0.15, 0.2) is 0 Å². The first-order valence-electron chi connectivity index (χ1n) is 6.38. The predicted octanol–water partition coefficient (Wildman–Crippen LogP) is 1.74. The zero-order valence-corrected chi connectivity index (χ0v) is 11.3. The maximum atomic E-state index is 12.8. The van der Waals surface area contributed by atoms with E-state index in [2.05, 4.69) is 15.3 Å². The summed E-state index contributed by atoms with van der Waals surface area (Å²) in [7, 11) is 1.51. The van der Waals surface area contributed by atoms with Crippen molar-refractivity contribution in [2.75, 3.05) is 30.4 Å². The number of nitrogens with one attached hydrogen (secondary N) is 1. The van der Waals surface area contributed by atoms with Gasteiger partial charge in [-0.3, -0.25) is 0 Å².